The van der Waals surface area contributed by atoms with Crippen molar-refractivity contribution in [1.29, 1.82) is 0 Å². The van der Waals surface area contributed by atoms with Crippen molar-refractivity contribution in [1.82, 2.24) is 4.90 Å². The summed E-state index contributed by atoms with van der Waals surface area (Å²) < 4.78 is 28.4. The fraction of sp³-hybridized carbons (Fsp3) is 0.818. The number of nitrogens with two attached hydrogens (primary N) is 1. The van der Waals surface area contributed by atoms with E-state index in [-0.39, 0.29) is 24.7 Å². The summed E-state index contributed by atoms with van der Waals surface area (Å²) >= 11 is 0. The molecular formula is C11H18N2O6S. The number of carbonyl (C=O) groups excluding carboxylic acids is 1. The molecule has 0 saturated carbocycles. The van der Waals surface area contributed by atoms with Crippen LogP contribution in [0.1, 0.15) is 12.8 Å². The Bertz CT molecular complexity index is 511. The van der Waals surface area contributed by atoms with Crippen LogP contribution in [-0.4, -0.2) is 73.1 Å². The molecular weight excluding hydrogens is 288 g/mol. The third-order valence-electron chi connectivity index (χ3n) is 3.68. The van der Waals surface area contributed by atoms with E-state index >= 15 is 0 Å². The van der Waals surface area contributed by atoms with Crippen LogP contribution in [0.5, 0.6) is 0 Å². The molecule has 0 bridgehead atoms. The summed E-state index contributed by atoms with van der Waals surface area (Å²) in [4.78, 5) is 24.6. The number of nitrogens with zero attached hydrogens (tertiary/aromatic N) is 1. The second-order valence-electron chi connectivity index (χ2n) is 5.32. The normalized spacial score (nSPS) is 33.0. The number of rotatable bonds is 3. The molecule has 0 aromatic heterocycles. The van der Waals surface area contributed by atoms with Crippen LogP contribution in [0.25, 0.3) is 0 Å². The van der Waals surface area contributed by atoms with E-state index in [1.54, 1.807) is 0 Å². The lowest BCUT2D eigenvalue weighted by Crippen LogP contribution is -2.62. The maximum absolute atomic E-state index is 12.5. The van der Waals surface area contributed by atoms with Gasteiger partial charge in [-0.2, -0.15) is 0 Å². The van der Waals surface area contributed by atoms with Gasteiger partial charge >= 0.3 is 5.97 Å². The van der Waals surface area contributed by atoms with E-state index in [0.29, 0.717) is 13.0 Å². The van der Waals surface area contributed by atoms with Crippen LogP contribution in [0.15, 0.2) is 0 Å². The second-order valence-corrected chi connectivity index (χ2v) is 7.55. The molecule has 8 nitrogen and oxygen atoms in total. The Morgan fingerprint density at radius 2 is 2.15 bits per heavy atom. The van der Waals surface area contributed by atoms with Crippen molar-refractivity contribution in [2.24, 2.45) is 5.73 Å². The summed E-state index contributed by atoms with van der Waals surface area (Å²) in [5.41, 5.74) is 4.81. The lowest BCUT2D eigenvalue weighted by molar-refractivity contribution is -0.143. The van der Waals surface area contributed by atoms with E-state index in [4.69, 9.17) is 15.6 Å². The summed E-state index contributed by atoms with van der Waals surface area (Å²) in [5.74, 6) is -2.05. The number of carboxylic acid groups (broad SMARTS) is 1. The first-order valence-electron chi connectivity index (χ1n) is 6.33. The fourth-order valence-electron chi connectivity index (χ4n) is 2.56. The van der Waals surface area contributed by atoms with Gasteiger partial charge in [0.1, 0.15) is 5.54 Å². The highest BCUT2D eigenvalue weighted by molar-refractivity contribution is 7.91. The molecule has 0 aromatic carbocycles. The van der Waals surface area contributed by atoms with Gasteiger partial charge in [-0.25, -0.2) is 8.42 Å². The lowest BCUT2D eigenvalue weighted by Gasteiger charge is -2.38. The zero-order chi connectivity index (χ0) is 15.0. The monoisotopic (exact) mass is 306 g/mol. The molecule has 2 aliphatic heterocycles. The molecule has 2 heterocycles. The van der Waals surface area contributed by atoms with E-state index in [1.165, 1.54) is 4.90 Å². The van der Waals surface area contributed by atoms with Crippen molar-refractivity contribution < 1.29 is 27.9 Å². The average Bonchev–Trinajstić information content (AvgIpc) is 2.75. The van der Waals surface area contributed by atoms with Gasteiger partial charge < -0.3 is 20.5 Å². The summed E-state index contributed by atoms with van der Waals surface area (Å²) in [5, 5.41) is 8.88. The summed E-state index contributed by atoms with van der Waals surface area (Å²) in [6, 6.07) is -0.861. The van der Waals surface area contributed by atoms with Crippen LogP contribution in [0.3, 0.4) is 0 Å². The molecule has 3 N–H and O–H groups in total. The largest absolute Gasteiger partial charge is 0.481 e. The lowest BCUT2D eigenvalue weighted by atomic mass is 9.97. The molecule has 0 aromatic rings. The standard InChI is InChI=1S/C11H18N2O6S/c12-11(1-3-19-7-11)10(16)13-2-4-20(17,18)6-8(13)5-9(14)15/h8H,1-7,12H2,(H,14,15). The van der Waals surface area contributed by atoms with E-state index in [9.17, 15) is 18.0 Å². The molecule has 20 heavy (non-hydrogen) atoms. The molecule has 114 valence electrons. The van der Waals surface area contributed by atoms with Crippen LogP contribution in [-0.2, 0) is 24.2 Å². The summed E-state index contributed by atoms with van der Waals surface area (Å²) in [7, 11) is -3.32. The Balaban J connectivity index is 2.19. The minimum Gasteiger partial charge on any atom is -0.481 e. The third kappa shape index (κ3) is 3.10. The predicted octanol–water partition coefficient (Wildman–Crippen LogP) is -1.80. The number of hydrogen-bond donors (Lipinski definition) is 2. The zero-order valence-electron chi connectivity index (χ0n) is 10.9. The van der Waals surface area contributed by atoms with Crippen LogP contribution in [0.4, 0.5) is 0 Å². The highest BCUT2D eigenvalue weighted by Crippen LogP contribution is 2.23. The van der Waals surface area contributed by atoms with Crippen molar-refractivity contribution in [3.63, 3.8) is 0 Å². The molecule has 0 radical (unpaired) electrons. The topological polar surface area (TPSA) is 127 Å². The van der Waals surface area contributed by atoms with E-state index in [1.807, 2.05) is 0 Å². The average molecular weight is 306 g/mol. The van der Waals surface area contributed by atoms with Gasteiger partial charge in [0.2, 0.25) is 5.91 Å². The van der Waals surface area contributed by atoms with Gasteiger partial charge in [0, 0.05) is 13.2 Å². The van der Waals surface area contributed by atoms with Gasteiger partial charge in [-0.1, -0.05) is 0 Å². The number of carboxylic acids is 1. The Labute approximate surface area is 116 Å². The first-order valence-corrected chi connectivity index (χ1v) is 8.16. The van der Waals surface area contributed by atoms with Crippen LogP contribution < -0.4 is 5.73 Å². The van der Waals surface area contributed by atoms with Crippen LogP contribution in [0, 0.1) is 0 Å². The SMILES string of the molecule is NC1(C(=O)N2CCS(=O)(=O)CC2CC(=O)O)CCOC1. The first-order chi connectivity index (χ1) is 9.23. The molecule has 2 fully saturated rings. The van der Waals surface area contributed by atoms with Crippen LogP contribution in [0.2, 0.25) is 0 Å². The number of amides is 1. The molecule has 2 unspecified atom stereocenters. The number of ether oxygens (including phenoxy) is 1. The Hall–Kier alpha value is -1.19. The molecule has 2 saturated heterocycles. The van der Waals surface area contributed by atoms with Gasteiger partial charge in [0.05, 0.1) is 30.6 Å². The Morgan fingerprint density at radius 1 is 1.45 bits per heavy atom. The molecule has 1 amide bonds. The highest BCUT2D eigenvalue weighted by Gasteiger charge is 2.45. The van der Waals surface area contributed by atoms with Crippen LogP contribution >= 0.6 is 0 Å². The van der Waals surface area contributed by atoms with E-state index < -0.39 is 39.7 Å². The van der Waals surface area contributed by atoms with Crippen molar-refractivity contribution in [2.45, 2.75) is 24.4 Å². The van der Waals surface area contributed by atoms with Gasteiger partial charge in [0.15, 0.2) is 9.84 Å². The predicted molar refractivity (Wildman–Crippen MR) is 68.8 cm³/mol. The highest BCUT2D eigenvalue weighted by atomic mass is 32.2. The van der Waals surface area contributed by atoms with Gasteiger partial charge in [0.25, 0.3) is 0 Å². The molecule has 0 aliphatic carbocycles. The minimum atomic E-state index is -3.32. The van der Waals surface area contributed by atoms with Gasteiger partial charge in [-0.15, -0.1) is 0 Å². The van der Waals surface area contributed by atoms with Crippen molar-refractivity contribution in [3.8, 4) is 0 Å². The smallest absolute Gasteiger partial charge is 0.305 e. The van der Waals surface area contributed by atoms with Crippen molar-refractivity contribution in [2.75, 3.05) is 31.3 Å². The zero-order valence-corrected chi connectivity index (χ0v) is 11.8. The number of carbonyl (C=O) groups is 2. The Morgan fingerprint density at radius 3 is 2.70 bits per heavy atom. The fourth-order valence-corrected chi connectivity index (χ4v) is 4.09. The Kier molecular flexibility index (Phi) is 4.03. The molecule has 2 rings (SSSR count). The maximum Gasteiger partial charge on any atom is 0.305 e. The number of hydrogen-bond acceptors (Lipinski definition) is 6. The number of sulfone groups is 1. The van der Waals surface area contributed by atoms with Gasteiger partial charge in [-0.3, -0.25) is 9.59 Å². The van der Waals surface area contributed by atoms with Crippen molar-refractivity contribution >= 4 is 21.7 Å². The molecule has 9 heteroatoms. The first kappa shape index (κ1) is 15.2. The summed E-state index contributed by atoms with van der Waals surface area (Å²) in [6.45, 7) is 0.435. The third-order valence-corrected chi connectivity index (χ3v) is 5.38. The van der Waals surface area contributed by atoms with Crippen molar-refractivity contribution in [3.05, 3.63) is 0 Å². The molecule has 2 aliphatic rings. The minimum absolute atomic E-state index is 0.0158. The van der Waals surface area contributed by atoms with Gasteiger partial charge in [-0.05, 0) is 6.42 Å². The maximum atomic E-state index is 12.5. The molecule has 2 atom stereocenters. The van der Waals surface area contributed by atoms with E-state index in [0.717, 1.165) is 0 Å². The van der Waals surface area contributed by atoms with E-state index in [2.05, 4.69) is 0 Å². The number of aliphatic carboxylic acids is 1. The summed E-state index contributed by atoms with van der Waals surface area (Å²) in [6.07, 6.45) is -0.0449. The quantitative estimate of drug-likeness (QED) is 0.630. The second kappa shape index (κ2) is 5.30. The molecule has 0 spiro atoms.